The van der Waals surface area contributed by atoms with Crippen LogP contribution in [0.3, 0.4) is 0 Å². The lowest BCUT2D eigenvalue weighted by Gasteiger charge is -2.30. The van der Waals surface area contributed by atoms with Crippen molar-refractivity contribution >= 4 is 5.91 Å². The van der Waals surface area contributed by atoms with Gasteiger partial charge in [-0.05, 0) is 12.8 Å². The van der Waals surface area contributed by atoms with Crippen molar-refractivity contribution < 1.29 is 23.5 Å². The molecular weight excluding hydrogens is 302 g/mol. The summed E-state index contributed by atoms with van der Waals surface area (Å²) in [6.45, 7) is 3.25. The van der Waals surface area contributed by atoms with Gasteiger partial charge in [0, 0.05) is 33.2 Å². The Hall–Kier alpha value is -1.51. The normalized spacial score (nSPS) is 16.0. The van der Waals surface area contributed by atoms with E-state index in [1.54, 1.807) is 14.2 Å². The molecule has 8 heteroatoms. The number of methoxy groups -OCH3 is 2. The SMILES string of the molecule is COCCOCc1nc(C2CCN(C(=O)CCOC)CC2)no1. The largest absolute Gasteiger partial charge is 0.384 e. The standard InChI is InChI=1S/C15H25N3O5/c1-20-8-5-14(19)18-6-3-12(4-7-18)15-16-13(23-17-15)11-22-10-9-21-2/h12H,3-11H2,1-2H3. The molecule has 1 aliphatic heterocycles. The molecule has 0 N–H and O–H groups in total. The monoisotopic (exact) mass is 327 g/mol. The number of rotatable bonds is 9. The highest BCUT2D eigenvalue weighted by atomic mass is 16.5. The van der Waals surface area contributed by atoms with E-state index in [4.69, 9.17) is 18.7 Å². The number of ether oxygens (including phenoxy) is 3. The molecular formula is C15H25N3O5. The van der Waals surface area contributed by atoms with Crippen molar-refractivity contribution in [2.45, 2.75) is 31.8 Å². The Kier molecular flexibility index (Phi) is 7.44. The van der Waals surface area contributed by atoms with E-state index in [2.05, 4.69) is 10.1 Å². The van der Waals surface area contributed by atoms with Crippen molar-refractivity contribution in [1.29, 1.82) is 0 Å². The van der Waals surface area contributed by atoms with Gasteiger partial charge in [-0.15, -0.1) is 0 Å². The fraction of sp³-hybridized carbons (Fsp3) is 0.800. The first-order chi connectivity index (χ1) is 11.2. The number of carbonyl (C=O) groups excluding carboxylic acids is 1. The summed E-state index contributed by atoms with van der Waals surface area (Å²) >= 11 is 0. The molecule has 1 aromatic heterocycles. The van der Waals surface area contributed by atoms with E-state index < -0.39 is 0 Å². The Balaban J connectivity index is 1.74. The molecule has 8 nitrogen and oxygen atoms in total. The molecule has 0 saturated carbocycles. The second-order valence-electron chi connectivity index (χ2n) is 5.49. The van der Waals surface area contributed by atoms with E-state index in [1.807, 2.05) is 4.90 Å². The van der Waals surface area contributed by atoms with Crippen LogP contribution in [-0.4, -0.2) is 68.1 Å². The van der Waals surface area contributed by atoms with Gasteiger partial charge in [0.2, 0.25) is 5.91 Å². The van der Waals surface area contributed by atoms with E-state index in [0.717, 1.165) is 25.9 Å². The second-order valence-corrected chi connectivity index (χ2v) is 5.49. The van der Waals surface area contributed by atoms with Gasteiger partial charge in [-0.25, -0.2) is 0 Å². The topological polar surface area (TPSA) is 86.9 Å². The highest BCUT2D eigenvalue weighted by Gasteiger charge is 2.26. The quantitative estimate of drug-likeness (QED) is 0.625. The number of amides is 1. The number of carbonyl (C=O) groups is 1. The van der Waals surface area contributed by atoms with E-state index in [9.17, 15) is 4.79 Å². The van der Waals surface area contributed by atoms with Gasteiger partial charge < -0.3 is 23.6 Å². The summed E-state index contributed by atoms with van der Waals surface area (Å²) in [4.78, 5) is 18.2. The van der Waals surface area contributed by atoms with E-state index >= 15 is 0 Å². The minimum atomic E-state index is 0.144. The van der Waals surface area contributed by atoms with Crippen molar-refractivity contribution in [2.75, 3.05) is 47.1 Å². The molecule has 130 valence electrons. The van der Waals surface area contributed by atoms with Crippen molar-refractivity contribution in [3.8, 4) is 0 Å². The molecule has 1 amide bonds. The number of aromatic nitrogens is 2. The maximum absolute atomic E-state index is 11.9. The first-order valence-corrected chi connectivity index (χ1v) is 7.90. The minimum absolute atomic E-state index is 0.144. The van der Waals surface area contributed by atoms with Gasteiger partial charge in [0.15, 0.2) is 5.82 Å². The van der Waals surface area contributed by atoms with Crippen LogP contribution in [-0.2, 0) is 25.6 Å². The molecule has 1 aromatic rings. The third kappa shape index (κ3) is 5.56. The predicted molar refractivity (Wildman–Crippen MR) is 80.9 cm³/mol. The Morgan fingerprint density at radius 3 is 2.65 bits per heavy atom. The smallest absolute Gasteiger partial charge is 0.252 e. The van der Waals surface area contributed by atoms with Crippen LogP contribution >= 0.6 is 0 Å². The predicted octanol–water partition coefficient (Wildman–Crippen LogP) is 0.975. The van der Waals surface area contributed by atoms with E-state index in [1.165, 1.54) is 0 Å². The van der Waals surface area contributed by atoms with Crippen LogP contribution in [0.15, 0.2) is 4.52 Å². The van der Waals surface area contributed by atoms with E-state index in [0.29, 0.717) is 44.6 Å². The van der Waals surface area contributed by atoms with Crippen LogP contribution in [0.2, 0.25) is 0 Å². The fourth-order valence-electron chi connectivity index (χ4n) is 2.53. The molecule has 0 aromatic carbocycles. The van der Waals surface area contributed by atoms with Gasteiger partial charge in [0.1, 0.15) is 6.61 Å². The Morgan fingerprint density at radius 2 is 1.96 bits per heavy atom. The molecule has 0 aliphatic carbocycles. The summed E-state index contributed by atoms with van der Waals surface area (Å²) in [5, 5.41) is 4.04. The highest BCUT2D eigenvalue weighted by Crippen LogP contribution is 2.26. The van der Waals surface area contributed by atoms with Gasteiger partial charge in [0.05, 0.1) is 26.2 Å². The first kappa shape index (κ1) is 17.8. The van der Waals surface area contributed by atoms with E-state index in [-0.39, 0.29) is 11.8 Å². The molecule has 0 spiro atoms. The van der Waals surface area contributed by atoms with Gasteiger partial charge in [-0.3, -0.25) is 4.79 Å². The average molecular weight is 327 g/mol. The van der Waals surface area contributed by atoms with Crippen LogP contribution in [0.25, 0.3) is 0 Å². The van der Waals surface area contributed by atoms with Crippen molar-refractivity contribution in [2.24, 2.45) is 0 Å². The Labute approximate surface area is 136 Å². The lowest BCUT2D eigenvalue weighted by molar-refractivity contribution is -0.133. The molecule has 2 heterocycles. The lowest BCUT2D eigenvalue weighted by atomic mass is 9.96. The fourth-order valence-corrected chi connectivity index (χ4v) is 2.53. The Morgan fingerprint density at radius 1 is 1.22 bits per heavy atom. The van der Waals surface area contributed by atoms with Gasteiger partial charge in [0.25, 0.3) is 5.89 Å². The summed E-state index contributed by atoms with van der Waals surface area (Å²) in [5.41, 5.74) is 0. The van der Waals surface area contributed by atoms with Crippen LogP contribution < -0.4 is 0 Å². The van der Waals surface area contributed by atoms with Crippen molar-refractivity contribution in [3.05, 3.63) is 11.7 Å². The lowest BCUT2D eigenvalue weighted by Crippen LogP contribution is -2.38. The van der Waals surface area contributed by atoms with Crippen LogP contribution in [0.5, 0.6) is 0 Å². The summed E-state index contributed by atoms with van der Waals surface area (Å²) in [6, 6.07) is 0. The van der Waals surface area contributed by atoms with Crippen LogP contribution in [0.1, 0.15) is 36.9 Å². The Bertz CT molecular complexity index is 471. The molecule has 2 rings (SSSR count). The average Bonchev–Trinajstić information content (AvgIpc) is 3.05. The molecule has 0 radical (unpaired) electrons. The van der Waals surface area contributed by atoms with Crippen molar-refractivity contribution in [3.63, 3.8) is 0 Å². The molecule has 0 atom stereocenters. The number of hydrogen-bond donors (Lipinski definition) is 0. The summed E-state index contributed by atoms with van der Waals surface area (Å²) in [6.07, 6.45) is 2.14. The molecule has 23 heavy (non-hydrogen) atoms. The van der Waals surface area contributed by atoms with Gasteiger partial charge >= 0.3 is 0 Å². The maximum Gasteiger partial charge on any atom is 0.252 e. The molecule has 0 unspecified atom stereocenters. The molecule has 1 aliphatic rings. The van der Waals surface area contributed by atoms with Crippen LogP contribution in [0.4, 0.5) is 0 Å². The van der Waals surface area contributed by atoms with Gasteiger partial charge in [-0.2, -0.15) is 4.98 Å². The molecule has 0 bridgehead atoms. The third-order valence-electron chi connectivity index (χ3n) is 3.87. The number of nitrogens with zero attached hydrogens (tertiary/aromatic N) is 3. The number of likely N-dealkylation sites (tertiary alicyclic amines) is 1. The zero-order chi connectivity index (χ0) is 16.5. The van der Waals surface area contributed by atoms with Gasteiger partial charge in [-0.1, -0.05) is 5.16 Å². The summed E-state index contributed by atoms with van der Waals surface area (Å²) < 4.78 is 20.4. The zero-order valence-electron chi connectivity index (χ0n) is 13.8. The summed E-state index contributed by atoms with van der Waals surface area (Å²) in [7, 11) is 3.23. The number of hydrogen-bond acceptors (Lipinski definition) is 7. The van der Waals surface area contributed by atoms with Crippen molar-refractivity contribution in [1.82, 2.24) is 15.0 Å². The second kappa shape index (κ2) is 9.59. The third-order valence-corrected chi connectivity index (χ3v) is 3.87. The maximum atomic E-state index is 11.9. The highest BCUT2D eigenvalue weighted by molar-refractivity contribution is 5.76. The summed E-state index contributed by atoms with van der Waals surface area (Å²) in [5.74, 6) is 1.57. The zero-order valence-corrected chi connectivity index (χ0v) is 13.8. The molecule has 1 saturated heterocycles. The number of piperidine rings is 1. The van der Waals surface area contributed by atoms with Crippen LogP contribution in [0, 0.1) is 0 Å². The minimum Gasteiger partial charge on any atom is -0.384 e. The first-order valence-electron chi connectivity index (χ1n) is 7.90. The molecule has 1 fully saturated rings.